The van der Waals surface area contributed by atoms with Gasteiger partial charge < -0.3 is 9.15 Å². The third-order valence-corrected chi connectivity index (χ3v) is 4.87. The molecule has 4 heteroatoms. The second kappa shape index (κ2) is 6.32. The Bertz CT molecular complexity index is 393. The van der Waals surface area contributed by atoms with E-state index in [0.717, 1.165) is 11.7 Å². The first-order valence-corrected chi connectivity index (χ1v) is 7.55. The molecule has 0 spiro atoms. The summed E-state index contributed by atoms with van der Waals surface area (Å²) in [5.74, 6) is 2.80. The highest BCUT2D eigenvalue weighted by Crippen LogP contribution is 2.35. The molecule has 1 aliphatic rings. The van der Waals surface area contributed by atoms with E-state index in [1.165, 1.54) is 38.5 Å². The van der Waals surface area contributed by atoms with Crippen LogP contribution in [-0.4, -0.2) is 18.8 Å². The van der Waals surface area contributed by atoms with Crippen molar-refractivity contribution in [1.29, 1.82) is 0 Å². The summed E-state index contributed by atoms with van der Waals surface area (Å²) in [4.78, 5) is 11.3. The zero-order valence-electron chi connectivity index (χ0n) is 11.0. The van der Waals surface area contributed by atoms with Gasteiger partial charge in [0.25, 0.3) is 0 Å². The summed E-state index contributed by atoms with van der Waals surface area (Å²) in [6.45, 7) is 2.12. The van der Waals surface area contributed by atoms with Crippen molar-refractivity contribution in [3.63, 3.8) is 0 Å². The van der Waals surface area contributed by atoms with Gasteiger partial charge in [0.2, 0.25) is 5.76 Å². The Labute approximate surface area is 112 Å². The predicted molar refractivity (Wildman–Crippen MR) is 72.9 cm³/mol. The van der Waals surface area contributed by atoms with Gasteiger partial charge in [-0.3, -0.25) is 0 Å². The molecule has 1 atom stereocenters. The third kappa shape index (κ3) is 3.31. The lowest BCUT2D eigenvalue weighted by Crippen LogP contribution is -2.00. The van der Waals surface area contributed by atoms with Gasteiger partial charge in [-0.2, -0.15) is 11.8 Å². The minimum atomic E-state index is -0.408. The van der Waals surface area contributed by atoms with Gasteiger partial charge in [0, 0.05) is 0 Å². The quantitative estimate of drug-likeness (QED) is 0.755. The molecule has 1 aliphatic carbocycles. The molecule has 1 unspecified atom stereocenters. The van der Waals surface area contributed by atoms with Gasteiger partial charge in [-0.05, 0) is 43.6 Å². The van der Waals surface area contributed by atoms with Gasteiger partial charge in [0.15, 0.2) is 0 Å². The summed E-state index contributed by atoms with van der Waals surface area (Å²) in [6.07, 6.45) is 5.50. The first-order valence-electron chi connectivity index (χ1n) is 6.50. The number of carbonyl (C=O) groups excluding carboxylic acids is 1. The van der Waals surface area contributed by atoms with Crippen LogP contribution in [0.3, 0.4) is 0 Å². The molecule has 0 aromatic carbocycles. The summed E-state index contributed by atoms with van der Waals surface area (Å²) in [5, 5.41) is 0.295. The van der Waals surface area contributed by atoms with Crippen molar-refractivity contribution in [2.75, 3.05) is 12.9 Å². The lowest BCUT2D eigenvalue weighted by Gasteiger charge is -2.12. The van der Waals surface area contributed by atoms with Crippen LogP contribution in [-0.2, 0) is 4.74 Å². The molecule has 1 aromatic rings. The fraction of sp³-hybridized carbons (Fsp3) is 0.643. The largest absolute Gasteiger partial charge is 0.463 e. The second-order valence-corrected chi connectivity index (χ2v) is 6.19. The van der Waals surface area contributed by atoms with E-state index in [1.807, 2.05) is 17.8 Å². The Morgan fingerprint density at radius 2 is 2.22 bits per heavy atom. The zero-order valence-corrected chi connectivity index (χ0v) is 11.8. The SMILES string of the molecule is COC(=O)c1ccc(C(C)SCC2CCCC2)o1. The van der Waals surface area contributed by atoms with Crippen molar-refractivity contribution in [3.8, 4) is 0 Å². The number of furan rings is 1. The fourth-order valence-corrected chi connectivity index (χ4v) is 3.51. The van der Waals surface area contributed by atoms with Crippen LogP contribution in [0.5, 0.6) is 0 Å². The molecule has 0 saturated heterocycles. The van der Waals surface area contributed by atoms with E-state index in [1.54, 1.807) is 6.07 Å². The summed E-state index contributed by atoms with van der Waals surface area (Å²) < 4.78 is 10.1. The smallest absolute Gasteiger partial charge is 0.373 e. The van der Waals surface area contributed by atoms with E-state index in [0.29, 0.717) is 11.0 Å². The average molecular weight is 268 g/mol. The van der Waals surface area contributed by atoms with Gasteiger partial charge in [0.05, 0.1) is 12.4 Å². The Morgan fingerprint density at radius 1 is 1.50 bits per heavy atom. The van der Waals surface area contributed by atoms with Gasteiger partial charge in [-0.1, -0.05) is 12.8 Å². The number of esters is 1. The van der Waals surface area contributed by atoms with E-state index < -0.39 is 5.97 Å². The fourth-order valence-electron chi connectivity index (χ4n) is 2.32. The standard InChI is InChI=1S/C14H20O3S/c1-10(18-9-11-5-3-4-6-11)12-7-8-13(17-12)14(15)16-2/h7-8,10-11H,3-6,9H2,1-2H3. The normalized spacial score (nSPS) is 17.9. The van der Waals surface area contributed by atoms with Crippen LogP contribution in [0.1, 0.15) is 54.2 Å². The van der Waals surface area contributed by atoms with Crippen LogP contribution in [0.25, 0.3) is 0 Å². The molecule has 1 aromatic heterocycles. The highest BCUT2D eigenvalue weighted by molar-refractivity contribution is 7.99. The average Bonchev–Trinajstić information content (AvgIpc) is 3.05. The molecule has 0 N–H and O–H groups in total. The summed E-state index contributed by atoms with van der Waals surface area (Å²) in [5.41, 5.74) is 0. The summed E-state index contributed by atoms with van der Waals surface area (Å²) in [6, 6.07) is 3.56. The Balaban J connectivity index is 1.85. The predicted octanol–water partition coefficient (Wildman–Crippen LogP) is 4.05. The maximum atomic E-state index is 11.3. The van der Waals surface area contributed by atoms with Crippen LogP contribution in [0.15, 0.2) is 16.5 Å². The molecule has 1 heterocycles. The van der Waals surface area contributed by atoms with Gasteiger partial charge in [-0.25, -0.2) is 4.79 Å². The van der Waals surface area contributed by atoms with E-state index >= 15 is 0 Å². The molecule has 0 radical (unpaired) electrons. The minimum absolute atomic E-state index is 0.292. The molecule has 3 nitrogen and oxygen atoms in total. The van der Waals surface area contributed by atoms with E-state index in [-0.39, 0.29) is 0 Å². The third-order valence-electron chi connectivity index (χ3n) is 3.47. The molecule has 0 amide bonds. The number of carbonyl (C=O) groups is 1. The summed E-state index contributed by atoms with van der Waals surface area (Å²) >= 11 is 1.91. The van der Waals surface area contributed by atoms with Crippen molar-refractivity contribution in [2.24, 2.45) is 5.92 Å². The molecule has 0 aliphatic heterocycles. The first kappa shape index (κ1) is 13.5. The Morgan fingerprint density at radius 3 is 2.89 bits per heavy atom. The van der Waals surface area contributed by atoms with Gasteiger partial charge in [-0.15, -0.1) is 0 Å². The van der Waals surface area contributed by atoms with Gasteiger partial charge >= 0.3 is 5.97 Å². The second-order valence-electron chi connectivity index (χ2n) is 4.82. The van der Waals surface area contributed by atoms with Crippen LogP contribution < -0.4 is 0 Å². The first-order chi connectivity index (χ1) is 8.70. The van der Waals surface area contributed by atoms with Crippen LogP contribution in [0.4, 0.5) is 0 Å². The number of rotatable bonds is 5. The molecule has 100 valence electrons. The highest BCUT2D eigenvalue weighted by atomic mass is 32.2. The maximum absolute atomic E-state index is 11.3. The molecule has 1 saturated carbocycles. The van der Waals surface area contributed by atoms with Crippen LogP contribution in [0.2, 0.25) is 0 Å². The highest BCUT2D eigenvalue weighted by Gasteiger charge is 2.19. The van der Waals surface area contributed by atoms with E-state index in [2.05, 4.69) is 11.7 Å². The number of thioether (sulfide) groups is 1. The number of methoxy groups -OCH3 is 1. The molecule has 18 heavy (non-hydrogen) atoms. The molecule has 2 rings (SSSR count). The van der Waals surface area contributed by atoms with Crippen LogP contribution >= 0.6 is 11.8 Å². The number of hydrogen-bond acceptors (Lipinski definition) is 4. The molecule has 1 fully saturated rings. The lowest BCUT2D eigenvalue weighted by atomic mass is 10.1. The molecular weight excluding hydrogens is 248 g/mol. The summed E-state index contributed by atoms with van der Waals surface area (Å²) in [7, 11) is 1.36. The molecular formula is C14H20O3S. The number of hydrogen-bond donors (Lipinski definition) is 0. The Kier molecular flexibility index (Phi) is 4.75. The van der Waals surface area contributed by atoms with Crippen LogP contribution in [0, 0.1) is 5.92 Å². The Hall–Kier alpha value is -0.900. The van der Waals surface area contributed by atoms with E-state index in [4.69, 9.17) is 4.42 Å². The van der Waals surface area contributed by atoms with Crippen molar-refractivity contribution >= 4 is 17.7 Å². The number of ether oxygens (including phenoxy) is 1. The molecule has 0 bridgehead atoms. The van der Waals surface area contributed by atoms with E-state index in [9.17, 15) is 4.79 Å². The van der Waals surface area contributed by atoms with Crippen molar-refractivity contribution in [1.82, 2.24) is 0 Å². The van der Waals surface area contributed by atoms with Crippen molar-refractivity contribution in [3.05, 3.63) is 23.7 Å². The van der Waals surface area contributed by atoms with Crippen molar-refractivity contribution in [2.45, 2.75) is 37.9 Å². The minimum Gasteiger partial charge on any atom is -0.463 e. The topological polar surface area (TPSA) is 39.4 Å². The van der Waals surface area contributed by atoms with Crippen molar-refractivity contribution < 1.29 is 13.9 Å². The zero-order chi connectivity index (χ0) is 13.0. The lowest BCUT2D eigenvalue weighted by molar-refractivity contribution is 0.0563. The monoisotopic (exact) mass is 268 g/mol. The van der Waals surface area contributed by atoms with Gasteiger partial charge in [0.1, 0.15) is 5.76 Å². The maximum Gasteiger partial charge on any atom is 0.373 e.